The fraction of sp³-hybridized carbons (Fsp3) is 0.409. The molecule has 1 aliphatic carbocycles. The molecule has 4 heteroatoms. The average molecular weight is 349 g/mol. The van der Waals surface area contributed by atoms with Gasteiger partial charge in [0.1, 0.15) is 0 Å². The molecular formula is C22H27N3O. The Morgan fingerprint density at radius 2 is 1.50 bits per heavy atom. The first-order chi connectivity index (χ1) is 12.6. The molecule has 1 saturated heterocycles. The molecule has 0 spiro atoms. The molecule has 1 amide bonds. The van der Waals surface area contributed by atoms with Crippen molar-refractivity contribution >= 4 is 5.91 Å². The molecule has 1 aliphatic heterocycles. The second-order valence-corrected chi connectivity index (χ2v) is 7.61. The summed E-state index contributed by atoms with van der Waals surface area (Å²) >= 11 is 0. The van der Waals surface area contributed by atoms with E-state index in [2.05, 4.69) is 63.6 Å². The molecule has 4 nitrogen and oxygen atoms in total. The first-order valence-corrected chi connectivity index (χ1v) is 9.57. The van der Waals surface area contributed by atoms with Crippen molar-refractivity contribution in [3.8, 4) is 11.1 Å². The topological polar surface area (TPSA) is 35.6 Å². The fourth-order valence-electron chi connectivity index (χ4n) is 4.27. The first-order valence-electron chi connectivity index (χ1n) is 9.57. The third-order valence-corrected chi connectivity index (χ3v) is 5.39. The van der Waals surface area contributed by atoms with Crippen molar-refractivity contribution in [2.45, 2.75) is 25.9 Å². The summed E-state index contributed by atoms with van der Waals surface area (Å²) in [4.78, 5) is 16.9. The number of nitrogens with one attached hydrogen (secondary N) is 1. The van der Waals surface area contributed by atoms with E-state index >= 15 is 0 Å². The van der Waals surface area contributed by atoms with Crippen LogP contribution in [0.3, 0.4) is 0 Å². The molecule has 1 N–H and O–H groups in total. The molecule has 0 aromatic heterocycles. The van der Waals surface area contributed by atoms with E-state index < -0.39 is 0 Å². The number of benzene rings is 2. The maximum Gasteiger partial charge on any atom is 0.234 e. The lowest BCUT2D eigenvalue weighted by Crippen LogP contribution is -2.50. The van der Waals surface area contributed by atoms with E-state index in [4.69, 9.17) is 0 Å². The van der Waals surface area contributed by atoms with Gasteiger partial charge in [0.25, 0.3) is 0 Å². The zero-order valence-electron chi connectivity index (χ0n) is 15.6. The fourth-order valence-corrected chi connectivity index (χ4v) is 4.27. The van der Waals surface area contributed by atoms with Crippen LogP contribution in [0, 0.1) is 0 Å². The molecule has 26 heavy (non-hydrogen) atoms. The summed E-state index contributed by atoms with van der Waals surface area (Å²) in [6.45, 7) is 8.36. The predicted octanol–water partition coefficient (Wildman–Crippen LogP) is 2.90. The first kappa shape index (κ1) is 17.3. The van der Waals surface area contributed by atoms with E-state index in [-0.39, 0.29) is 11.9 Å². The van der Waals surface area contributed by atoms with Crippen molar-refractivity contribution in [2.24, 2.45) is 0 Å². The van der Waals surface area contributed by atoms with E-state index in [0.717, 1.165) is 26.2 Å². The Bertz CT molecular complexity index is 748. The summed E-state index contributed by atoms with van der Waals surface area (Å²) in [6.07, 6.45) is 0. The second kappa shape index (κ2) is 7.22. The van der Waals surface area contributed by atoms with Crippen molar-refractivity contribution in [1.82, 2.24) is 15.1 Å². The highest BCUT2D eigenvalue weighted by Gasteiger charge is 2.34. The van der Waals surface area contributed by atoms with E-state index in [0.29, 0.717) is 12.6 Å². The monoisotopic (exact) mass is 349 g/mol. The van der Waals surface area contributed by atoms with Crippen molar-refractivity contribution in [1.29, 1.82) is 0 Å². The van der Waals surface area contributed by atoms with Crippen LogP contribution in [0.1, 0.15) is 31.0 Å². The lowest BCUT2D eigenvalue weighted by Gasteiger charge is -2.38. The Morgan fingerprint density at radius 1 is 0.962 bits per heavy atom. The SMILES string of the molecule is CC(C)NC(=O)CN1CCN(C2c3ccccc3-c3ccccc32)CC1. The average Bonchev–Trinajstić information content (AvgIpc) is 2.96. The molecular weight excluding hydrogens is 322 g/mol. The Kier molecular flexibility index (Phi) is 4.79. The van der Waals surface area contributed by atoms with Gasteiger partial charge in [-0.1, -0.05) is 48.5 Å². The molecule has 2 aromatic rings. The summed E-state index contributed by atoms with van der Waals surface area (Å²) in [6, 6.07) is 18.1. The molecule has 0 unspecified atom stereocenters. The lowest BCUT2D eigenvalue weighted by atomic mass is 10.0. The van der Waals surface area contributed by atoms with Crippen LogP contribution in [0.4, 0.5) is 0 Å². The Hall–Kier alpha value is -2.17. The number of amides is 1. The Morgan fingerprint density at radius 3 is 2.04 bits per heavy atom. The van der Waals surface area contributed by atoms with Crippen LogP contribution in [0.15, 0.2) is 48.5 Å². The molecule has 2 aliphatic rings. The van der Waals surface area contributed by atoms with Gasteiger partial charge >= 0.3 is 0 Å². The maximum atomic E-state index is 12.0. The number of hydrogen-bond donors (Lipinski definition) is 1. The molecule has 2 aromatic carbocycles. The highest BCUT2D eigenvalue weighted by molar-refractivity contribution is 5.79. The molecule has 1 fully saturated rings. The van der Waals surface area contributed by atoms with Gasteiger partial charge in [-0.05, 0) is 36.1 Å². The molecule has 0 saturated carbocycles. The van der Waals surface area contributed by atoms with Crippen LogP contribution in [-0.2, 0) is 4.79 Å². The van der Waals surface area contributed by atoms with Crippen LogP contribution < -0.4 is 5.32 Å². The van der Waals surface area contributed by atoms with Crippen LogP contribution in [0.25, 0.3) is 11.1 Å². The van der Waals surface area contributed by atoms with Gasteiger partial charge in [-0.25, -0.2) is 0 Å². The van der Waals surface area contributed by atoms with Gasteiger partial charge in [0.2, 0.25) is 5.91 Å². The zero-order valence-corrected chi connectivity index (χ0v) is 15.6. The summed E-state index contributed by atoms with van der Waals surface area (Å²) < 4.78 is 0. The van der Waals surface area contributed by atoms with E-state index in [9.17, 15) is 4.79 Å². The van der Waals surface area contributed by atoms with Crippen molar-refractivity contribution in [3.63, 3.8) is 0 Å². The largest absolute Gasteiger partial charge is 0.353 e. The summed E-state index contributed by atoms with van der Waals surface area (Å²) in [5.74, 6) is 0.130. The number of hydrogen-bond acceptors (Lipinski definition) is 3. The van der Waals surface area contributed by atoms with Gasteiger partial charge in [-0.15, -0.1) is 0 Å². The second-order valence-electron chi connectivity index (χ2n) is 7.61. The van der Waals surface area contributed by atoms with Crippen LogP contribution >= 0.6 is 0 Å². The third-order valence-electron chi connectivity index (χ3n) is 5.39. The van der Waals surface area contributed by atoms with Crippen LogP contribution in [0.5, 0.6) is 0 Å². The van der Waals surface area contributed by atoms with Gasteiger partial charge in [-0.3, -0.25) is 14.6 Å². The van der Waals surface area contributed by atoms with Gasteiger partial charge < -0.3 is 5.32 Å². The van der Waals surface area contributed by atoms with Gasteiger partial charge in [0.05, 0.1) is 12.6 Å². The van der Waals surface area contributed by atoms with E-state index in [1.807, 2.05) is 13.8 Å². The third kappa shape index (κ3) is 3.27. The van der Waals surface area contributed by atoms with E-state index in [1.54, 1.807) is 0 Å². The van der Waals surface area contributed by atoms with E-state index in [1.165, 1.54) is 22.3 Å². The van der Waals surface area contributed by atoms with Gasteiger partial charge in [0.15, 0.2) is 0 Å². The number of carbonyl (C=O) groups is 1. The minimum absolute atomic E-state index is 0.130. The normalized spacial score (nSPS) is 18.0. The van der Waals surface area contributed by atoms with Gasteiger partial charge in [-0.2, -0.15) is 0 Å². The molecule has 1 heterocycles. The molecule has 0 bridgehead atoms. The predicted molar refractivity (Wildman–Crippen MR) is 105 cm³/mol. The highest BCUT2D eigenvalue weighted by atomic mass is 16.2. The smallest absolute Gasteiger partial charge is 0.234 e. The summed E-state index contributed by atoms with van der Waals surface area (Å²) in [5.41, 5.74) is 5.57. The number of carbonyl (C=O) groups excluding carboxylic acids is 1. The number of piperazine rings is 1. The minimum atomic E-state index is 0.130. The summed E-state index contributed by atoms with van der Waals surface area (Å²) in [5, 5.41) is 2.99. The van der Waals surface area contributed by atoms with Crippen molar-refractivity contribution in [2.75, 3.05) is 32.7 Å². The standard InChI is InChI=1S/C22H27N3O/c1-16(2)23-21(26)15-24-11-13-25(14-12-24)22-19-9-5-3-7-17(19)18-8-4-6-10-20(18)22/h3-10,16,22H,11-15H2,1-2H3,(H,23,26). The maximum absolute atomic E-state index is 12.0. The lowest BCUT2D eigenvalue weighted by molar-refractivity contribution is -0.123. The molecule has 0 radical (unpaired) electrons. The molecule has 136 valence electrons. The minimum Gasteiger partial charge on any atom is -0.353 e. The number of rotatable bonds is 4. The Balaban J connectivity index is 1.47. The van der Waals surface area contributed by atoms with Crippen LogP contribution in [0.2, 0.25) is 0 Å². The zero-order chi connectivity index (χ0) is 18.1. The summed E-state index contributed by atoms with van der Waals surface area (Å²) in [7, 11) is 0. The quantitative estimate of drug-likeness (QED) is 0.922. The number of nitrogens with zero attached hydrogens (tertiary/aromatic N) is 2. The molecule has 4 rings (SSSR count). The molecule has 0 atom stereocenters. The van der Waals surface area contributed by atoms with Crippen LogP contribution in [-0.4, -0.2) is 54.5 Å². The van der Waals surface area contributed by atoms with Gasteiger partial charge in [0, 0.05) is 32.2 Å². The Labute approximate surface area is 155 Å². The highest BCUT2D eigenvalue weighted by Crippen LogP contribution is 2.46. The van der Waals surface area contributed by atoms with Crippen molar-refractivity contribution in [3.05, 3.63) is 59.7 Å². The van der Waals surface area contributed by atoms with Crippen molar-refractivity contribution < 1.29 is 4.79 Å². The number of fused-ring (bicyclic) bond motifs is 3.